The molecule has 3 aliphatic heterocycles. The molecule has 3 fully saturated rings. The molecule has 10 nitrogen and oxygen atoms in total. The number of carboxylic acids is 2. The summed E-state index contributed by atoms with van der Waals surface area (Å²) in [4.78, 5) is 52.0. The molecule has 2 amide bonds. The van der Waals surface area contributed by atoms with Gasteiger partial charge in [0.25, 0.3) is 0 Å². The topological polar surface area (TPSA) is 122 Å². The fourth-order valence-corrected chi connectivity index (χ4v) is 4.54. The molecule has 3 aliphatic rings. The van der Waals surface area contributed by atoms with Gasteiger partial charge in [0, 0.05) is 38.3 Å². The van der Waals surface area contributed by atoms with E-state index in [-0.39, 0.29) is 11.8 Å². The normalized spacial score (nSPS) is 24.9. The molecule has 2 unspecified atom stereocenters. The Morgan fingerprint density at radius 1 is 0.625 bits per heavy atom. The second-order valence-corrected chi connectivity index (χ2v) is 9.00. The number of carboxylic acid groups (broad SMARTS) is 2. The summed E-state index contributed by atoms with van der Waals surface area (Å²) in [7, 11) is 0. The van der Waals surface area contributed by atoms with Crippen molar-refractivity contribution < 1.29 is 29.4 Å². The van der Waals surface area contributed by atoms with E-state index in [2.05, 4.69) is 23.6 Å². The summed E-state index contributed by atoms with van der Waals surface area (Å²) < 4.78 is 0. The van der Waals surface area contributed by atoms with Gasteiger partial charge in [0.15, 0.2) is 0 Å². The van der Waals surface area contributed by atoms with Crippen molar-refractivity contribution in [2.75, 3.05) is 52.4 Å². The van der Waals surface area contributed by atoms with Gasteiger partial charge in [0.2, 0.25) is 11.8 Å². The zero-order chi connectivity index (χ0) is 23.7. The molecule has 3 rings (SSSR count). The average molecular weight is 455 g/mol. The number of likely N-dealkylation sites (tertiary alicyclic amines) is 2. The molecular formula is C22H38N4O6. The van der Waals surface area contributed by atoms with Gasteiger partial charge in [-0.15, -0.1) is 0 Å². The first kappa shape index (κ1) is 26.1. The second kappa shape index (κ2) is 12.7. The predicted octanol–water partition coefficient (Wildman–Crippen LogP) is 0.562. The number of rotatable bonds is 4. The lowest BCUT2D eigenvalue weighted by Gasteiger charge is -2.39. The third-order valence-electron chi connectivity index (χ3n) is 6.73. The Balaban J connectivity index is 0.000000534. The van der Waals surface area contributed by atoms with Crippen LogP contribution in [0, 0.1) is 0 Å². The van der Waals surface area contributed by atoms with Gasteiger partial charge in [-0.2, -0.15) is 0 Å². The summed E-state index contributed by atoms with van der Waals surface area (Å²) in [5.41, 5.74) is 0. The highest BCUT2D eigenvalue weighted by Crippen LogP contribution is 2.18. The van der Waals surface area contributed by atoms with Crippen molar-refractivity contribution in [2.45, 2.75) is 64.5 Å². The maximum absolute atomic E-state index is 12.6. The van der Waals surface area contributed by atoms with E-state index >= 15 is 0 Å². The molecular weight excluding hydrogens is 416 g/mol. The van der Waals surface area contributed by atoms with Crippen molar-refractivity contribution in [3.05, 3.63) is 0 Å². The van der Waals surface area contributed by atoms with Crippen LogP contribution in [-0.2, 0) is 19.2 Å². The number of aliphatic carboxylic acids is 2. The summed E-state index contributed by atoms with van der Waals surface area (Å²) in [5.74, 6) is -3.18. The standard InChI is InChI=1S/C20H36N4O2.C2H2O4/c1-17-7-3-5-9-23(17)15-19(25)21-11-13-22(14-12-21)20(26)16-24-10-6-4-8-18(24)2;3-1(4)2(5)6/h17-18H,3-16H2,1-2H3;(H,3,4)(H,5,6). The molecule has 3 heterocycles. The number of piperazine rings is 1. The van der Waals surface area contributed by atoms with Crippen LogP contribution in [0.1, 0.15) is 52.4 Å². The van der Waals surface area contributed by atoms with Crippen LogP contribution in [-0.4, -0.2) is 118 Å². The molecule has 2 atom stereocenters. The summed E-state index contributed by atoms with van der Waals surface area (Å²) in [6.07, 6.45) is 7.36. The molecule has 0 bridgehead atoms. The number of hydrogen-bond acceptors (Lipinski definition) is 6. The van der Waals surface area contributed by atoms with Gasteiger partial charge in [0.1, 0.15) is 0 Å². The number of amides is 2. The lowest BCUT2D eigenvalue weighted by atomic mass is 10.0. The van der Waals surface area contributed by atoms with E-state index < -0.39 is 11.9 Å². The van der Waals surface area contributed by atoms with E-state index in [9.17, 15) is 9.59 Å². The van der Waals surface area contributed by atoms with Crippen molar-refractivity contribution in [3.8, 4) is 0 Å². The Morgan fingerprint density at radius 2 is 0.969 bits per heavy atom. The Hall–Kier alpha value is -2.20. The molecule has 0 aromatic carbocycles. The van der Waals surface area contributed by atoms with Crippen LogP contribution in [0.2, 0.25) is 0 Å². The van der Waals surface area contributed by atoms with Gasteiger partial charge in [0.05, 0.1) is 13.1 Å². The van der Waals surface area contributed by atoms with E-state index in [1.807, 2.05) is 9.80 Å². The first-order chi connectivity index (χ1) is 15.2. The molecule has 0 aromatic rings. The number of carbonyl (C=O) groups excluding carboxylic acids is 2. The van der Waals surface area contributed by atoms with E-state index in [0.717, 1.165) is 13.1 Å². The SMILES string of the molecule is CC1CCCCN1CC(=O)N1CCN(C(=O)CN2CCCCC2C)CC1.O=C(O)C(=O)O. The van der Waals surface area contributed by atoms with Crippen LogP contribution in [0.4, 0.5) is 0 Å². The van der Waals surface area contributed by atoms with Crippen molar-refractivity contribution in [3.63, 3.8) is 0 Å². The smallest absolute Gasteiger partial charge is 0.414 e. The van der Waals surface area contributed by atoms with Crippen LogP contribution in [0.5, 0.6) is 0 Å². The number of hydrogen-bond donors (Lipinski definition) is 2. The van der Waals surface area contributed by atoms with E-state index in [0.29, 0.717) is 51.4 Å². The molecule has 0 aromatic heterocycles. The summed E-state index contributed by atoms with van der Waals surface area (Å²) in [5, 5.41) is 14.8. The molecule has 10 heteroatoms. The maximum atomic E-state index is 12.6. The molecule has 0 saturated carbocycles. The quantitative estimate of drug-likeness (QED) is 0.591. The zero-order valence-electron chi connectivity index (χ0n) is 19.4. The van der Waals surface area contributed by atoms with Crippen LogP contribution < -0.4 is 0 Å². The van der Waals surface area contributed by atoms with Gasteiger partial charge >= 0.3 is 11.9 Å². The Labute approximate surface area is 190 Å². The van der Waals surface area contributed by atoms with Crippen molar-refractivity contribution in [2.24, 2.45) is 0 Å². The van der Waals surface area contributed by atoms with Crippen molar-refractivity contribution in [1.82, 2.24) is 19.6 Å². The van der Waals surface area contributed by atoms with Gasteiger partial charge in [-0.05, 0) is 52.6 Å². The molecule has 32 heavy (non-hydrogen) atoms. The highest BCUT2D eigenvalue weighted by Gasteiger charge is 2.29. The first-order valence-electron chi connectivity index (χ1n) is 11.7. The Morgan fingerprint density at radius 3 is 1.25 bits per heavy atom. The molecule has 0 aliphatic carbocycles. The summed E-state index contributed by atoms with van der Waals surface area (Å²) >= 11 is 0. The van der Waals surface area contributed by atoms with Gasteiger partial charge in [-0.3, -0.25) is 19.4 Å². The van der Waals surface area contributed by atoms with Gasteiger partial charge < -0.3 is 20.0 Å². The summed E-state index contributed by atoms with van der Waals surface area (Å²) in [6, 6.07) is 1.03. The maximum Gasteiger partial charge on any atom is 0.414 e. The number of nitrogens with zero attached hydrogens (tertiary/aromatic N) is 4. The molecule has 182 valence electrons. The largest absolute Gasteiger partial charge is 0.473 e. The fraction of sp³-hybridized carbons (Fsp3) is 0.818. The minimum absolute atomic E-state index is 0.232. The van der Waals surface area contributed by atoms with Crippen LogP contribution in [0.25, 0.3) is 0 Å². The van der Waals surface area contributed by atoms with Crippen molar-refractivity contribution in [1.29, 1.82) is 0 Å². The Kier molecular flexibility index (Phi) is 10.4. The fourth-order valence-electron chi connectivity index (χ4n) is 4.54. The lowest BCUT2D eigenvalue weighted by molar-refractivity contribution is -0.159. The number of piperidine rings is 2. The van der Waals surface area contributed by atoms with Gasteiger partial charge in [-0.25, -0.2) is 9.59 Å². The molecule has 0 spiro atoms. The molecule has 2 N–H and O–H groups in total. The first-order valence-corrected chi connectivity index (χ1v) is 11.7. The van der Waals surface area contributed by atoms with E-state index in [1.54, 1.807) is 0 Å². The monoisotopic (exact) mass is 454 g/mol. The van der Waals surface area contributed by atoms with Gasteiger partial charge in [-0.1, -0.05) is 12.8 Å². The van der Waals surface area contributed by atoms with E-state index in [4.69, 9.17) is 19.8 Å². The Bertz CT molecular complexity index is 609. The number of carbonyl (C=O) groups is 4. The predicted molar refractivity (Wildman–Crippen MR) is 118 cm³/mol. The second-order valence-electron chi connectivity index (χ2n) is 9.00. The lowest BCUT2D eigenvalue weighted by Crippen LogP contribution is -2.55. The zero-order valence-corrected chi connectivity index (χ0v) is 19.4. The minimum Gasteiger partial charge on any atom is -0.473 e. The van der Waals surface area contributed by atoms with E-state index in [1.165, 1.54) is 38.5 Å². The third kappa shape index (κ3) is 8.05. The van der Waals surface area contributed by atoms with Crippen LogP contribution >= 0.6 is 0 Å². The highest BCUT2D eigenvalue weighted by molar-refractivity contribution is 6.27. The molecule has 0 radical (unpaired) electrons. The third-order valence-corrected chi connectivity index (χ3v) is 6.73. The highest BCUT2D eigenvalue weighted by atomic mass is 16.4. The summed E-state index contributed by atoms with van der Waals surface area (Å²) in [6.45, 7) is 10.4. The molecule has 3 saturated heterocycles. The van der Waals surface area contributed by atoms with Crippen molar-refractivity contribution >= 4 is 23.8 Å². The van der Waals surface area contributed by atoms with Crippen LogP contribution in [0.15, 0.2) is 0 Å². The minimum atomic E-state index is -1.82. The van der Waals surface area contributed by atoms with Crippen LogP contribution in [0.3, 0.4) is 0 Å². The average Bonchev–Trinajstić information content (AvgIpc) is 2.77.